The summed E-state index contributed by atoms with van der Waals surface area (Å²) in [5.74, 6) is 3.12. The summed E-state index contributed by atoms with van der Waals surface area (Å²) in [6, 6.07) is 0. The second kappa shape index (κ2) is 3.36. The first-order chi connectivity index (χ1) is 7.29. The van der Waals surface area contributed by atoms with Crippen molar-refractivity contribution in [3.05, 3.63) is 12.7 Å². The van der Waals surface area contributed by atoms with Crippen LogP contribution in [-0.2, 0) is 9.53 Å². The molecule has 2 bridgehead atoms. The first-order valence-electron chi connectivity index (χ1n) is 6.12. The van der Waals surface area contributed by atoms with Crippen molar-refractivity contribution < 1.29 is 9.53 Å². The molecule has 0 saturated heterocycles. The lowest BCUT2D eigenvalue weighted by Crippen LogP contribution is -2.31. The molecule has 3 rings (SSSR count). The van der Waals surface area contributed by atoms with E-state index < -0.39 is 0 Å². The minimum absolute atomic E-state index is 0.208. The molecule has 2 nitrogen and oxygen atoms in total. The van der Waals surface area contributed by atoms with Crippen molar-refractivity contribution in [3.63, 3.8) is 0 Å². The highest BCUT2D eigenvalue weighted by Crippen LogP contribution is 2.59. The minimum Gasteiger partial charge on any atom is -0.459 e. The Balaban J connectivity index is 1.70. The number of carbonyl (C=O) groups is 1. The van der Waals surface area contributed by atoms with Crippen LogP contribution < -0.4 is 0 Å². The van der Waals surface area contributed by atoms with Crippen molar-refractivity contribution in [3.8, 4) is 0 Å². The third-order valence-electron chi connectivity index (χ3n) is 4.80. The molecule has 2 heteroatoms. The quantitative estimate of drug-likeness (QED) is 0.512. The molecule has 3 saturated carbocycles. The van der Waals surface area contributed by atoms with E-state index in [1.807, 2.05) is 0 Å². The van der Waals surface area contributed by atoms with E-state index in [1.165, 1.54) is 31.8 Å². The van der Waals surface area contributed by atoms with Gasteiger partial charge in [0.05, 0.1) is 0 Å². The Labute approximate surface area is 90.7 Å². The lowest BCUT2D eigenvalue weighted by atomic mass is 9.80. The van der Waals surface area contributed by atoms with Gasteiger partial charge in [-0.1, -0.05) is 13.0 Å². The van der Waals surface area contributed by atoms with Gasteiger partial charge in [0.25, 0.3) is 0 Å². The molecule has 0 radical (unpaired) electrons. The molecule has 82 valence electrons. The number of rotatable bonds is 2. The van der Waals surface area contributed by atoms with Gasteiger partial charge in [0.1, 0.15) is 6.10 Å². The molecule has 5 atom stereocenters. The SMILES string of the molecule is C=CC(=O)O[C@@H]1C[C@H]2C[C@H]1[C@H]1CCC[C@H]21. The summed E-state index contributed by atoms with van der Waals surface area (Å²) in [6.45, 7) is 3.46. The predicted octanol–water partition coefficient (Wildman–Crippen LogP) is 2.54. The summed E-state index contributed by atoms with van der Waals surface area (Å²) in [7, 11) is 0. The maximum atomic E-state index is 11.2. The number of esters is 1. The molecule has 3 fully saturated rings. The highest BCUT2D eigenvalue weighted by Gasteiger charge is 2.54. The first-order valence-corrected chi connectivity index (χ1v) is 6.12. The Kier molecular flexibility index (Phi) is 2.11. The Hall–Kier alpha value is -0.790. The Morgan fingerprint density at radius 3 is 2.80 bits per heavy atom. The van der Waals surface area contributed by atoms with Gasteiger partial charge in [-0.15, -0.1) is 0 Å². The molecule has 0 N–H and O–H groups in total. The average molecular weight is 206 g/mol. The minimum atomic E-state index is -0.234. The van der Waals surface area contributed by atoms with Crippen molar-refractivity contribution in [2.24, 2.45) is 23.7 Å². The van der Waals surface area contributed by atoms with Gasteiger partial charge in [0.2, 0.25) is 0 Å². The van der Waals surface area contributed by atoms with Crippen LogP contribution in [0, 0.1) is 23.7 Å². The van der Waals surface area contributed by atoms with E-state index in [4.69, 9.17) is 4.74 Å². The highest BCUT2D eigenvalue weighted by atomic mass is 16.5. The molecular weight excluding hydrogens is 188 g/mol. The summed E-state index contributed by atoms with van der Waals surface area (Å²) in [6.07, 6.45) is 8.11. The monoisotopic (exact) mass is 206 g/mol. The first kappa shape index (κ1) is 9.44. The van der Waals surface area contributed by atoms with Gasteiger partial charge >= 0.3 is 5.97 Å². The largest absolute Gasteiger partial charge is 0.459 e. The van der Waals surface area contributed by atoms with Gasteiger partial charge in [0.15, 0.2) is 0 Å². The molecule has 0 aromatic carbocycles. The molecule has 0 aromatic heterocycles. The van der Waals surface area contributed by atoms with Crippen molar-refractivity contribution >= 4 is 5.97 Å². The molecule has 15 heavy (non-hydrogen) atoms. The fraction of sp³-hybridized carbons (Fsp3) is 0.769. The fourth-order valence-corrected chi connectivity index (χ4v) is 4.34. The molecule has 0 aliphatic heterocycles. The summed E-state index contributed by atoms with van der Waals surface area (Å²) in [5.41, 5.74) is 0. The van der Waals surface area contributed by atoms with Crippen LogP contribution in [0.15, 0.2) is 12.7 Å². The van der Waals surface area contributed by atoms with E-state index in [-0.39, 0.29) is 12.1 Å². The van der Waals surface area contributed by atoms with Crippen LogP contribution in [0.5, 0.6) is 0 Å². The van der Waals surface area contributed by atoms with Gasteiger partial charge in [-0.3, -0.25) is 0 Å². The fourth-order valence-electron chi connectivity index (χ4n) is 4.34. The van der Waals surface area contributed by atoms with Crippen LogP contribution >= 0.6 is 0 Å². The van der Waals surface area contributed by atoms with E-state index in [9.17, 15) is 4.79 Å². The molecule has 0 heterocycles. The van der Waals surface area contributed by atoms with Gasteiger partial charge in [0, 0.05) is 6.08 Å². The van der Waals surface area contributed by atoms with Crippen LogP contribution in [-0.4, -0.2) is 12.1 Å². The van der Waals surface area contributed by atoms with E-state index in [1.54, 1.807) is 0 Å². The molecule has 0 aromatic rings. The maximum absolute atomic E-state index is 11.2. The van der Waals surface area contributed by atoms with Crippen LogP contribution in [0.1, 0.15) is 32.1 Å². The van der Waals surface area contributed by atoms with Crippen LogP contribution in [0.25, 0.3) is 0 Å². The van der Waals surface area contributed by atoms with E-state index in [2.05, 4.69) is 6.58 Å². The summed E-state index contributed by atoms with van der Waals surface area (Å²) >= 11 is 0. The molecule has 0 unspecified atom stereocenters. The third-order valence-corrected chi connectivity index (χ3v) is 4.80. The standard InChI is InChI=1S/C13H18O2/c1-2-13(14)15-12-7-8-6-11(12)10-5-3-4-9(8)10/h2,8-12H,1,3-7H2/t8-,9-,10+,11+,12-/m1/s1. The number of fused-ring (bicyclic) bond motifs is 5. The van der Waals surface area contributed by atoms with Crippen LogP contribution in [0.2, 0.25) is 0 Å². The molecule has 3 aliphatic rings. The lowest BCUT2D eigenvalue weighted by Gasteiger charge is -2.30. The summed E-state index contributed by atoms with van der Waals surface area (Å²) < 4.78 is 5.45. The lowest BCUT2D eigenvalue weighted by molar-refractivity contribution is -0.146. The number of ether oxygens (including phenoxy) is 1. The van der Waals surface area contributed by atoms with E-state index >= 15 is 0 Å². The Bertz CT molecular complexity index is 297. The van der Waals surface area contributed by atoms with Crippen LogP contribution in [0.4, 0.5) is 0 Å². The topological polar surface area (TPSA) is 26.3 Å². The second-order valence-electron chi connectivity index (χ2n) is 5.33. The zero-order chi connectivity index (χ0) is 10.4. The van der Waals surface area contributed by atoms with E-state index in [0.29, 0.717) is 5.92 Å². The number of hydrogen-bond acceptors (Lipinski definition) is 2. The van der Waals surface area contributed by atoms with E-state index in [0.717, 1.165) is 24.2 Å². The molecule has 0 amide bonds. The zero-order valence-electron chi connectivity index (χ0n) is 9.02. The van der Waals surface area contributed by atoms with Gasteiger partial charge < -0.3 is 4.74 Å². The van der Waals surface area contributed by atoms with Crippen molar-refractivity contribution in [2.45, 2.75) is 38.2 Å². The van der Waals surface area contributed by atoms with Gasteiger partial charge in [-0.05, 0) is 49.4 Å². The van der Waals surface area contributed by atoms with Crippen molar-refractivity contribution in [1.29, 1.82) is 0 Å². The molecular formula is C13H18O2. The van der Waals surface area contributed by atoms with Crippen molar-refractivity contribution in [1.82, 2.24) is 0 Å². The Morgan fingerprint density at radius 2 is 2.00 bits per heavy atom. The average Bonchev–Trinajstić information content (AvgIpc) is 2.87. The number of hydrogen-bond donors (Lipinski definition) is 0. The van der Waals surface area contributed by atoms with Crippen LogP contribution in [0.3, 0.4) is 0 Å². The summed E-state index contributed by atoms with van der Waals surface area (Å²) in [4.78, 5) is 11.2. The van der Waals surface area contributed by atoms with Crippen molar-refractivity contribution in [2.75, 3.05) is 0 Å². The predicted molar refractivity (Wildman–Crippen MR) is 57.1 cm³/mol. The Morgan fingerprint density at radius 1 is 1.20 bits per heavy atom. The number of carbonyl (C=O) groups excluding carboxylic acids is 1. The third kappa shape index (κ3) is 1.34. The highest BCUT2D eigenvalue weighted by molar-refractivity contribution is 5.81. The normalized spacial score (nSPS) is 46.5. The summed E-state index contributed by atoms with van der Waals surface area (Å²) in [5, 5.41) is 0. The molecule has 3 aliphatic carbocycles. The van der Waals surface area contributed by atoms with Gasteiger partial charge in [-0.25, -0.2) is 4.79 Å². The maximum Gasteiger partial charge on any atom is 0.330 e. The zero-order valence-corrected chi connectivity index (χ0v) is 9.02. The van der Waals surface area contributed by atoms with Gasteiger partial charge in [-0.2, -0.15) is 0 Å². The smallest absolute Gasteiger partial charge is 0.330 e. The molecule has 0 spiro atoms. The second-order valence-corrected chi connectivity index (χ2v) is 5.33.